The van der Waals surface area contributed by atoms with E-state index in [1.165, 1.54) is 48.2 Å². The number of nitrogens with one attached hydrogen (secondary N) is 1. The van der Waals surface area contributed by atoms with Gasteiger partial charge >= 0.3 is 11.9 Å². The summed E-state index contributed by atoms with van der Waals surface area (Å²) >= 11 is 0. The first-order chi connectivity index (χ1) is 27.5. The highest BCUT2D eigenvalue weighted by molar-refractivity contribution is 6.12. The van der Waals surface area contributed by atoms with E-state index in [9.17, 15) is 34.2 Å². The molecule has 0 bridgehead atoms. The van der Waals surface area contributed by atoms with Crippen molar-refractivity contribution in [3.63, 3.8) is 0 Å². The second-order valence-electron chi connectivity index (χ2n) is 15.9. The van der Waals surface area contributed by atoms with Crippen LogP contribution in [0, 0.1) is 11.8 Å². The van der Waals surface area contributed by atoms with Crippen molar-refractivity contribution < 1.29 is 48.4 Å². The summed E-state index contributed by atoms with van der Waals surface area (Å²) in [5.74, 6) is -3.69. The number of aromatic hydroxyl groups is 2. The van der Waals surface area contributed by atoms with Crippen molar-refractivity contribution in [1.29, 1.82) is 0 Å². The van der Waals surface area contributed by atoms with Crippen LogP contribution in [0.3, 0.4) is 0 Å². The topological polar surface area (TPSA) is 175 Å². The smallest absolute Gasteiger partial charge is 0.329 e. The molecule has 1 saturated carbocycles. The van der Waals surface area contributed by atoms with E-state index in [0.29, 0.717) is 35.4 Å². The highest BCUT2D eigenvalue weighted by Crippen LogP contribution is 2.62. The van der Waals surface area contributed by atoms with Gasteiger partial charge < -0.3 is 34.6 Å². The van der Waals surface area contributed by atoms with Crippen LogP contribution in [0.15, 0.2) is 66.7 Å². The lowest BCUT2D eigenvalue weighted by Gasteiger charge is -2.42. The Hall–Kier alpha value is -5.63. The number of carbonyl (C=O) groups is 5. The summed E-state index contributed by atoms with van der Waals surface area (Å²) in [5.41, 5.74) is 1.09. The molecule has 0 aromatic heterocycles. The lowest BCUT2D eigenvalue weighted by atomic mass is 9.91. The van der Waals surface area contributed by atoms with Crippen molar-refractivity contribution in [3.8, 4) is 17.2 Å². The molecule has 1 heterocycles. The number of phenols is 2. The normalized spacial score (nSPS) is 19.5. The number of fused-ring (bicyclic) bond motifs is 3. The SMILES string of the molecule is CC[C@H](C)[C@@H](OC(=O)[C@H](Cc1ccc(OC)cc1)N(C)C)C(=O)N[C@H](C(=O)N(C)C12CC1c1ccc(O)cc1N([C@@H](Cc1ccc(O)cc1)C(=O)OC)C2=O)C(C)C. The van der Waals surface area contributed by atoms with E-state index < -0.39 is 77.2 Å². The van der Waals surface area contributed by atoms with Crippen LogP contribution in [-0.4, -0.2) is 115 Å². The zero-order valence-corrected chi connectivity index (χ0v) is 34.7. The number of amides is 3. The van der Waals surface area contributed by atoms with E-state index in [4.69, 9.17) is 14.2 Å². The summed E-state index contributed by atoms with van der Waals surface area (Å²) in [7, 11) is 7.84. The molecule has 3 amide bonds. The molecule has 2 aliphatic rings. The van der Waals surface area contributed by atoms with Crippen LogP contribution < -0.4 is 15.0 Å². The number of carbonyl (C=O) groups excluding carboxylic acids is 5. The van der Waals surface area contributed by atoms with Crippen LogP contribution in [0.1, 0.15) is 63.1 Å². The van der Waals surface area contributed by atoms with Gasteiger partial charge in [0, 0.05) is 31.4 Å². The third kappa shape index (κ3) is 8.76. The van der Waals surface area contributed by atoms with Gasteiger partial charge in [0.1, 0.15) is 40.9 Å². The molecule has 1 aliphatic heterocycles. The van der Waals surface area contributed by atoms with Gasteiger partial charge in [-0.3, -0.25) is 29.0 Å². The highest BCUT2D eigenvalue weighted by Gasteiger charge is 2.70. The quantitative estimate of drug-likeness (QED) is 0.167. The first kappa shape index (κ1) is 43.5. The zero-order valence-electron chi connectivity index (χ0n) is 34.7. The number of phenolic OH excluding ortho intramolecular Hbond substituents is 2. The van der Waals surface area contributed by atoms with E-state index >= 15 is 0 Å². The summed E-state index contributed by atoms with van der Waals surface area (Å²) in [6, 6.07) is 15.2. The number of rotatable bonds is 17. The van der Waals surface area contributed by atoms with Crippen LogP contribution in [0.4, 0.5) is 5.69 Å². The van der Waals surface area contributed by atoms with E-state index in [1.54, 1.807) is 65.1 Å². The van der Waals surface area contributed by atoms with Gasteiger partial charge in [-0.15, -0.1) is 0 Å². The number of hydrogen-bond acceptors (Lipinski definition) is 11. The molecule has 58 heavy (non-hydrogen) atoms. The van der Waals surface area contributed by atoms with Crippen molar-refractivity contribution in [2.24, 2.45) is 11.8 Å². The fraction of sp³-hybridized carbons (Fsp3) is 0.477. The first-order valence-corrected chi connectivity index (χ1v) is 19.6. The summed E-state index contributed by atoms with van der Waals surface area (Å²) in [6.45, 7) is 7.24. The minimum atomic E-state index is -1.41. The van der Waals surface area contributed by atoms with Crippen molar-refractivity contribution in [2.75, 3.05) is 40.3 Å². The molecule has 7 atom stereocenters. The summed E-state index contributed by atoms with van der Waals surface area (Å²) < 4.78 is 16.4. The average molecular weight is 801 g/mol. The lowest BCUT2D eigenvalue weighted by Crippen LogP contribution is -2.63. The molecule has 1 aliphatic carbocycles. The Morgan fingerprint density at radius 3 is 2.05 bits per heavy atom. The predicted molar refractivity (Wildman–Crippen MR) is 216 cm³/mol. The van der Waals surface area contributed by atoms with Gasteiger partial charge in [0.2, 0.25) is 5.91 Å². The number of esters is 2. The third-order valence-corrected chi connectivity index (χ3v) is 11.6. The molecule has 5 rings (SSSR count). The van der Waals surface area contributed by atoms with Crippen LogP contribution >= 0.6 is 0 Å². The van der Waals surface area contributed by atoms with Crippen LogP contribution in [0.2, 0.25) is 0 Å². The van der Waals surface area contributed by atoms with Gasteiger partial charge in [-0.1, -0.05) is 58.0 Å². The summed E-state index contributed by atoms with van der Waals surface area (Å²) in [5, 5.41) is 23.3. The fourth-order valence-corrected chi connectivity index (χ4v) is 7.77. The monoisotopic (exact) mass is 800 g/mol. The van der Waals surface area contributed by atoms with E-state index in [2.05, 4.69) is 5.32 Å². The summed E-state index contributed by atoms with van der Waals surface area (Å²) in [6.07, 6.45) is -0.130. The molecule has 2 unspecified atom stereocenters. The van der Waals surface area contributed by atoms with Crippen LogP contribution in [-0.2, 0) is 46.3 Å². The number of methoxy groups -OCH3 is 2. The maximum absolute atomic E-state index is 14.9. The second-order valence-corrected chi connectivity index (χ2v) is 15.9. The number of benzene rings is 3. The maximum atomic E-state index is 14.9. The summed E-state index contributed by atoms with van der Waals surface area (Å²) in [4.78, 5) is 75.4. The Kier molecular flexibility index (Phi) is 13.4. The minimum Gasteiger partial charge on any atom is -0.508 e. The molecule has 3 aromatic rings. The van der Waals surface area contributed by atoms with Crippen LogP contribution in [0.25, 0.3) is 0 Å². The second kappa shape index (κ2) is 17.9. The van der Waals surface area contributed by atoms with Gasteiger partial charge in [-0.2, -0.15) is 0 Å². The number of hydrogen-bond donors (Lipinski definition) is 3. The zero-order chi connectivity index (χ0) is 42.6. The maximum Gasteiger partial charge on any atom is 0.329 e. The Morgan fingerprint density at radius 1 is 0.879 bits per heavy atom. The number of likely N-dealkylation sites (N-methyl/N-ethyl adjacent to an activating group) is 2. The number of nitrogens with zero attached hydrogens (tertiary/aromatic N) is 3. The van der Waals surface area contributed by atoms with E-state index in [0.717, 1.165) is 5.56 Å². The molecule has 0 saturated heterocycles. The lowest BCUT2D eigenvalue weighted by molar-refractivity contribution is -0.164. The Bertz CT molecular complexity index is 1980. The van der Waals surface area contributed by atoms with Crippen LogP contribution in [0.5, 0.6) is 17.2 Å². The molecule has 0 radical (unpaired) electrons. The average Bonchev–Trinajstić information content (AvgIpc) is 3.97. The molecule has 14 heteroatoms. The number of ether oxygens (including phenoxy) is 3. The Balaban J connectivity index is 1.41. The largest absolute Gasteiger partial charge is 0.508 e. The van der Waals surface area contributed by atoms with Crippen molar-refractivity contribution in [3.05, 3.63) is 83.4 Å². The fourth-order valence-electron chi connectivity index (χ4n) is 7.77. The molecular formula is C44H56N4O10. The van der Waals surface area contributed by atoms with Crippen molar-refractivity contribution in [1.82, 2.24) is 15.1 Å². The third-order valence-electron chi connectivity index (χ3n) is 11.6. The van der Waals surface area contributed by atoms with Gasteiger partial charge in [0.25, 0.3) is 11.8 Å². The molecule has 0 spiro atoms. The molecule has 3 aromatic carbocycles. The van der Waals surface area contributed by atoms with Gasteiger partial charge in [-0.05, 0) is 86.3 Å². The Morgan fingerprint density at radius 2 is 1.48 bits per heavy atom. The first-order valence-electron chi connectivity index (χ1n) is 19.6. The van der Waals surface area contributed by atoms with E-state index in [-0.39, 0.29) is 24.3 Å². The number of anilines is 1. The predicted octanol–water partition coefficient (Wildman–Crippen LogP) is 4.19. The van der Waals surface area contributed by atoms with Gasteiger partial charge in [0.05, 0.1) is 19.9 Å². The minimum absolute atomic E-state index is 0.0152. The Labute approximate surface area is 340 Å². The van der Waals surface area contributed by atoms with Crippen molar-refractivity contribution in [2.45, 2.75) is 89.1 Å². The molecule has 3 N–H and O–H groups in total. The highest BCUT2D eigenvalue weighted by atomic mass is 16.6. The van der Waals surface area contributed by atoms with Gasteiger partial charge in [-0.25, -0.2) is 4.79 Å². The molecule has 14 nitrogen and oxygen atoms in total. The molecule has 312 valence electrons. The van der Waals surface area contributed by atoms with Gasteiger partial charge in [0.15, 0.2) is 6.10 Å². The van der Waals surface area contributed by atoms with Crippen molar-refractivity contribution >= 4 is 35.3 Å². The van der Waals surface area contributed by atoms with E-state index in [1.807, 2.05) is 31.2 Å². The molecular weight excluding hydrogens is 745 g/mol. The standard InChI is InChI=1S/C44H56N4O10/c1-10-26(4)38(58-42(54)35(46(5)6)21-28-13-18-31(56-8)19-14-28)39(51)45-37(25(2)3)40(52)47(7)44-24-33(44)32-20-17-30(50)23-34(32)48(43(44)55)36(41(53)57-9)22-27-11-15-29(49)16-12-27/h11-20,23,25-26,33,35-38,49-50H,10,21-22,24H2,1-9H3,(H,45,51)/t26-,33?,35-,36-,37-,38+,44?/m0/s1. The molecule has 1 fully saturated rings.